The molecule has 0 bridgehead atoms. The van der Waals surface area contributed by atoms with Crippen LogP contribution in [-0.2, 0) is 17.6 Å². The molecule has 0 radical (unpaired) electrons. The normalized spacial score (nSPS) is 16.5. The minimum atomic E-state index is -0.316. The SMILES string of the molecule is CCC(Sc1nc2c(cc1C#N)CC(C)CC2)C(=O)Nc1cccc2ccccc12. The van der Waals surface area contributed by atoms with E-state index >= 15 is 0 Å². The summed E-state index contributed by atoms with van der Waals surface area (Å²) in [6, 6.07) is 18.2. The maximum absolute atomic E-state index is 13.1. The topological polar surface area (TPSA) is 65.8 Å². The van der Waals surface area contributed by atoms with E-state index in [1.54, 1.807) is 0 Å². The van der Waals surface area contributed by atoms with Crippen molar-refractivity contribution in [2.75, 3.05) is 5.32 Å². The summed E-state index contributed by atoms with van der Waals surface area (Å²) in [7, 11) is 0. The Kier molecular flexibility index (Phi) is 6.06. The number of anilines is 1. The van der Waals surface area contributed by atoms with Gasteiger partial charge in [-0.25, -0.2) is 4.98 Å². The fourth-order valence-electron chi connectivity index (χ4n) is 4.00. The van der Waals surface area contributed by atoms with Crippen molar-refractivity contribution < 1.29 is 4.79 Å². The van der Waals surface area contributed by atoms with E-state index in [2.05, 4.69) is 18.3 Å². The molecule has 152 valence electrons. The monoisotopic (exact) mass is 415 g/mol. The van der Waals surface area contributed by atoms with Gasteiger partial charge in [-0.05, 0) is 54.7 Å². The molecule has 4 nitrogen and oxygen atoms in total. The van der Waals surface area contributed by atoms with Gasteiger partial charge < -0.3 is 5.32 Å². The molecule has 2 atom stereocenters. The van der Waals surface area contributed by atoms with Crippen LogP contribution in [0.5, 0.6) is 0 Å². The van der Waals surface area contributed by atoms with Crippen LogP contribution in [0.2, 0.25) is 0 Å². The van der Waals surface area contributed by atoms with Gasteiger partial charge in [-0.2, -0.15) is 5.26 Å². The van der Waals surface area contributed by atoms with Gasteiger partial charge in [0.2, 0.25) is 5.91 Å². The number of benzene rings is 2. The molecule has 1 aliphatic rings. The first-order valence-corrected chi connectivity index (χ1v) is 11.3. The van der Waals surface area contributed by atoms with Crippen LogP contribution in [0.1, 0.15) is 43.5 Å². The molecule has 1 amide bonds. The van der Waals surface area contributed by atoms with Crippen molar-refractivity contribution in [1.82, 2.24) is 4.98 Å². The number of nitrogens with one attached hydrogen (secondary N) is 1. The molecule has 0 saturated carbocycles. The van der Waals surface area contributed by atoms with Gasteiger partial charge in [-0.1, -0.05) is 62.0 Å². The number of amides is 1. The number of fused-ring (bicyclic) bond motifs is 2. The second kappa shape index (κ2) is 8.89. The Morgan fingerprint density at radius 2 is 2.10 bits per heavy atom. The van der Waals surface area contributed by atoms with Gasteiger partial charge in [0, 0.05) is 16.8 Å². The van der Waals surface area contributed by atoms with Crippen LogP contribution in [-0.4, -0.2) is 16.1 Å². The summed E-state index contributed by atoms with van der Waals surface area (Å²) in [6.45, 7) is 4.23. The molecule has 0 saturated heterocycles. The number of hydrogen-bond acceptors (Lipinski definition) is 4. The van der Waals surface area contributed by atoms with Gasteiger partial charge in [-0.15, -0.1) is 0 Å². The third-order valence-corrected chi connectivity index (χ3v) is 7.05. The van der Waals surface area contributed by atoms with E-state index in [0.29, 0.717) is 22.9 Å². The Morgan fingerprint density at radius 1 is 1.30 bits per heavy atom. The van der Waals surface area contributed by atoms with Crippen LogP contribution in [0.25, 0.3) is 10.8 Å². The predicted octanol–water partition coefficient (Wildman–Crippen LogP) is 5.74. The third-order valence-electron chi connectivity index (χ3n) is 5.68. The van der Waals surface area contributed by atoms with E-state index in [1.807, 2.05) is 55.5 Å². The molecule has 2 aromatic carbocycles. The Morgan fingerprint density at radius 3 is 2.90 bits per heavy atom. The Balaban J connectivity index is 1.57. The summed E-state index contributed by atoms with van der Waals surface area (Å²) in [5.41, 5.74) is 3.65. The lowest BCUT2D eigenvalue weighted by atomic mass is 9.87. The first-order valence-electron chi connectivity index (χ1n) is 10.5. The molecular weight excluding hydrogens is 390 g/mol. The molecule has 4 rings (SSSR count). The van der Waals surface area contributed by atoms with Gasteiger partial charge in [0.1, 0.15) is 11.1 Å². The summed E-state index contributed by atoms with van der Waals surface area (Å²) in [5, 5.41) is 15.2. The van der Waals surface area contributed by atoms with Gasteiger partial charge in [0.05, 0.1) is 10.8 Å². The van der Waals surface area contributed by atoms with Crippen LogP contribution in [0, 0.1) is 17.2 Å². The number of nitrogens with zero attached hydrogens (tertiary/aromatic N) is 2. The quantitative estimate of drug-likeness (QED) is 0.540. The summed E-state index contributed by atoms with van der Waals surface area (Å²) in [6.07, 6.45) is 3.69. The zero-order valence-corrected chi connectivity index (χ0v) is 18.1. The standard InChI is InChI=1S/C25H25N3OS/c1-3-23(24(29)27-22-10-6-8-17-7-4-5-9-20(17)22)30-25-19(15-26)14-18-13-16(2)11-12-21(18)28-25/h4-10,14,16,23H,3,11-13H2,1-2H3,(H,27,29). The molecule has 1 N–H and O–H groups in total. The molecule has 3 aromatic rings. The number of carbonyl (C=O) groups is 1. The van der Waals surface area contributed by atoms with Crippen LogP contribution in [0.15, 0.2) is 53.6 Å². The maximum atomic E-state index is 13.1. The lowest BCUT2D eigenvalue weighted by molar-refractivity contribution is -0.115. The summed E-state index contributed by atoms with van der Waals surface area (Å²) < 4.78 is 0. The highest BCUT2D eigenvalue weighted by Crippen LogP contribution is 2.33. The Hall–Kier alpha value is -2.84. The molecule has 0 aliphatic heterocycles. The number of carbonyl (C=O) groups excluding carboxylic acids is 1. The highest BCUT2D eigenvalue weighted by atomic mass is 32.2. The second-order valence-corrected chi connectivity index (χ2v) is 9.13. The molecule has 5 heteroatoms. The van der Waals surface area contributed by atoms with Crippen LogP contribution < -0.4 is 5.32 Å². The molecule has 1 aliphatic carbocycles. The highest BCUT2D eigenvalue weighted by Gasteiger charge is 2.24. The number of rotatable bonds is 5. The number of aromatic nitrogens is 1. The van der Waals surface area contributed by atoms with Crippen molar-refractivity contribution in [3.63, 3.8) is 0 Å². The van der Waals surface area contributed by atoms with E-state index in [0.717, 1.165) is 41.4 Å². The van der Waals surface area contributed by atoms with Crippen molar-refractivity contribution in [2.45, 2.75) is 49.8 Å². The van der Waals surface area contributed by atoms with Gasteiger partial charge >= 0.3 is 0 Å². The number of pyridine rings is 1. The van der Waals surface area contributed by atoms with Gasteiger partial charge in [0.15, 0.2) is 0 Å². The summed E-state index contributed by atoms with van der Waals surface area (Å²) in [5.74, 6) is 0.565. The Labute approximate surface area is 181 Å². The van der Waals surface area contributed by atoms with Gasteiger partial charge in [-0.3, -0.25) is 4.79 Å². The van der Waals surface area contributed by atoms with Crippen LogP contribution in [0.4, 0.5) is 5.69 Å². The molecule has 30 heavy (non-hydrogen) atoms. The van der Waals surface area contributed by atoms with Crippen LogP contribution in [0.3, 0.4) is 0 Å². The smallest absolute Gasteiger partial charge is 0.237 e. The number of hydrogen-bond donors (Lipinski definition) is 1. The molecule has 1 heterocycles. The Bertz CT molecular complexity index is 1130. The lowest BCUT2D eigenvalue weighted by Crippen LogP contribution is -2.25. The summed E-state index contributed by atoms with van der Waals surface area (Å²) >= 11 is 1.40. The van der Waals surface area contributed by atoms with E-state index in [4.69, 9.17) is 4.98 Å². The first-order chi connectivity index (χ1) is 14.6. The molecule has 0 fully saturated rings. The fraction of sp³-hybridized carbons (Fsp3) is 0.320. The zero-order valence-electron chi connectivity index (χ0n) is 17.3. The third kappa shape index (κ3) is 4.20. The van der Waals surface area contributed by atoms with E-state index in [1.165, 1.54) is 17.3 Å². The average molecular weight is 416 g/mol. The number of thioether (sulfide) groups is 1. The molecule has 1 aromatic heterocycles. The lowest BCUT2D eigenvalue weighted by Gasteiger charge is -2.22. The summed E-state index contributed by atoms with van der Waals surface area (Å²) in [4.78, 5) is 17.9. The minimum absolute atomic E-state index is 0.0594. The van der Waals surface area contributed by atoms with E-state index < -0.39 is 0 Å². The number of nitriles is 1. The van der Waals surface area contributed by atoms with E-state index in [9.17, 15) is 10.1 Å². The zero-order chi connectivity index (χ0) is 21.1. The maximum Gasteiger partial charge on any atom is 0.237 e. The van der Waals surface area contributed by atoms with Crippen molar-refractivity contribution >= 4 is 34.1 Å². The van der Waals surface area contributed by atoms with Crippen molar-refractivity contribution in [3.05, 3.63) is 65.4 Å². The highest BCUT2D eigenvalue weighted by molar-refractivity contribution is 8.00. The molecular formula is C25H25N3OS. The van der Waals surface area contributed by atoms with Crippen molar-refractivity contribution in [1.29, 1.82) is 5.26 Å². The van der Waals surface area contributed by atoms with Gasteiger partial charge in [0.25, 0.3) is 0 Å². The average Bonchev–Trinajstić information content (AvgIpc) is 2.77. The molecule has 0 spiro atoms. The predicted molar refractivity (Wildman–Crippen MR) is 123 cm³/mol. The first kappa shape index (κ1) is 20.4. The number of aryl methyl sites for hydroxylation is 1. The fourth-order valence-corrected chi connectivity index (χ4v) is 5.00. The second-order valence-electron chi connectivity index (χ2n) is 7.94. The van der Waals surface area contributed by atoms with E-state index in [-0.39, 0.29) is 11.2 Å². The minimum Gasteiger partial charge on any atom is -0.325 e. The van der Waals surface area contributed by atoms with Crippen molar-refractivity contribution in [3.8, 4) is 6.07 Å². The molecule has 2 unspecified atom stereocenters. The largest absolute Gasteiger partial charge is 0.325 e. The van der Waals surface area contributed by atoms with Crippen LogP contribution >= 0.6 is 11.8 Å². The van der Waals surface area contributed by atoms with Crippen molar-refractivity contribution in [2.24, 2.45) is 5.92 Å².